The maximum Gasteiger partial charge on any atom is 0.311 e. The van der Waals surface area contributed by atoms with Gasteiger partial charge in [0.25, 0.3) is 0 Å². The summed E-state index contributed by atoms with van der Waals surface area (Å²) in [4.78, 5) is 10.0. The number of hydrogen-bond donors (Lipinski definition) is 1. The molecule has 7 heteroatoms. The molecule has 0 aliphatic rings. The van der Waals surface area contributed by atoms with Crippen molar-refractivity contribution in [3.05, 3.63) is 67.3 Å². The van der Waals surface area contributed by atoms with E-state index in [0.717, 1.165) is 9.13 Å². The number of nitro groups is 1. The molecule has 0 bridgehead atoms. The first-order valence-corrected chi connectivity index (χ1v) is 6.94. The summed E-state index contributed by atoms with van der Waals surface area (Å²) in [6, 6.07) is 11.9. The largest absolute Gasteiger partial charge is 0.502 e. The van der Waals surface area contributed by atoms with Crippen LogP contribution in [-0.2, 0) is 0 Å². The van der Waals surface area contributed by atoms with Crippen molar-refractivity contribution in [2.75, 3.05) is 0 Å². The lowest BCUT2D eigenvalue weighted by molar-refractivity contribution is -0.385. The molecule has 6 nitrogen and oxygen atoms in total. The highest BCUT2D eigenvalue weighted by molar-refractivity contribution is 14.1. The fourth-order valence-electron chi connectivity index (χ4n) is 1.58. The van der Waals surface area contributed by atoms with Crippen LogP contribution in [0, 0.1) is 13.7 Å². The van der Waals surface area contributed by atoms with Gasteiger partial charge in [-0.3, -0.25) is 10.1 Å². The standard InChI is InChI=1S/C14H10IN3O3/c15-12-5-1-3-10(7-12)8-16-17-9-11-4-2-6-13(14(11)19)18(20)21/h1-9,19H/b16-8-,17-9+. The molecule has 0 saturated heterocycles. The summed E-state index contributed by atoms with van der Waals surface area (Å²) in [7, 11) is 0. The van der Waals surface area contributed by atoms with Gasteiger partial charge >= 0.3 is 5.69 Å². The molecule has 0 fully saturated rings. The van der Waals surface area contributed by atoms with Crippen LogP contribution in [0.3, 0.4) is 0 Å². The summed E-state index contributed by atoms with van der Waals surface area (Å²) in [5.74, 6) is -0.421. The first kappa shape index (κ1) is 15.1. The quantitative estimate of drug-likeness (QED) is 0.373. The molecule has 0 aliphatic carbocycles. The van der Waals surface area contributed by atoms with Gasteiger partial charge in [0.2, 0.25) is 5.75 Å². The average Bonchev–Trinajstić information content (AvgIpc) is 2.45. The van der Waals surface area contributed by atoms with Crippen molar-refractivity contribution in [2.45, 2.75) is 0 Å². The van der Waals surface area contributed by atoms with Crippen molar-refractivity contribution in [2.24, 2.45) is 10.2 Å². The van der Waals surface area contributed by atoms with Crippen LogP contribution in [0.15, 0.2) is 52.7 Å². The van der Waals surface area contributed by atoms with Crippen molar-refractivity contribution in [3.8, 4) is 5.75 Å². The van der Waals surface area contributed by atoms with Gasteiger partial charge in [-0.05, 0) is 46.4 Å². The second kappa shape index (κ2) is 6.93. The van der Waals surface area contributed by atoms with Gasteiger partial charge in [0.05, 0.1) is 17.4 Å². The molecular formula is C14H10IN3O3. The van der Waals surface area contributed by atoms with Gasteiger partial charge in [-0.1, -0.05) is 18.2 Å². The van der Waals surface area contributed by atoms with Crippen LogP contribution in [0.4, 0.5) is 5.69 Å². The number of benzene rings is 2. The number of hydrogen-bond acceptors (Lipinski definition) is 5. The van der Waals surface area contributed by atoms with Crippen LogP contribution in [0.25, 0.3) is 0 Å². The fourth-order valence-corrected chi connectivity index (χ4v) is 2.15. The lowest BCUT2D eigenvalue weighted by atomic mass is 10.2. The topological polar surface area (TPSA) is 88.1 Å². The van der Waals surface area contributed by atoms with Gasteiger partial charge in [0.1, 0.15) is 0 Å². The maximum absolute atomic E-state index is 10.7. The number of phenols is 1. The lowest BCUT2D eigenvalue weighted by Gasteiger charge is -1.98. The van der Waals surface area contributed by atoms with Gasteiger partial charge in [-0.25, -0.2) is 0 Å². The number of rotatable bonds is 4. The monoisotopic (exact) mass is 395 g/mol. The first-order chi connectivity index (χ1) is 10.1. The fraction of sp³-hybridized carbons (Fsp3) is 0. The highest BCUT2D eigenvalue weighted by atomic mass is 127. The van der Waals surface area contributed by atoms with Crippen LogP contribution in [0.2, 0.25) is 0 Å². The molecular weight excluding hydrogens is 385 g/mol. The smallest absolute Gasteiger partial charge is 0.311 e. The van der Waals surface area contributed by atoms with E-state index in [4.69, 9.17) is 0 Å². The first-order valence-electron chi connectivity index (χ1n) is 5.86. The molecule has 0 saturated carbocycles. The highest BCUT2D eigenvalue weighted by Gasteiger charge is 2.14. The van der Waals surface area contributed by atoms with E-state index in [1.807, 2.05) is 24.3 Å². The zero-order chi connectivity index (χ0) is 15.2. The summed E-state index contributed by atoms with van der Waals surface area (Å²) < 4.78 is 1.08. The third-order valence-electron chi connectivity index (χ3n) is 2.56. The van der Waals surface area contributed by atoms with Crippen molar-refractivity contribution in [3.63, 3.8) is 0 Å². The third-order valence-corrected chi connectivity index (χ3v) is 3.23. The van der Waals surface area contributed by atoms with Gasteiger partial charge in [-0.2, -0.15) is 10.2 Å². The van der Waals surface area contributed by atoms with Gasteiger partial charge in [0.15, 0.2) is 0 Å². The number of nitro benzene ring substituents is 1. The molecule has 21 heavy (non-hydrogen) atoms. The van der Waals surface area contributed by atoms with E-state index in [0.29, 0.717) is 0 Å². The molecule has 0 aromatic heterocycles. The Hall–Kier alpha value is -2.29. The number of phenolic OH excluding ortho intramolecular Hbond substituents is 1. The number of nitrogens with zero attached hydrogens (tertiary/aromatic N) is 3. The molecule has 2 aromatic rings. The normalized spacial score (nSPS) is 11.3. The number of aromatic hydroxyl groups is 1. The summed E-state index contributed by atoms with van der Waals surface area (Å²) in [5.41, 5.74) is 0.770. The lowest BCUT2D eigenvalue weighted by Crippen LogP contribution is -1.91. The molecule has 0 heterocycles. The van der Waals surface area contributed by atoms with Gasteiger partial charge in [0, 0.05) is 15.2 Å². The summed E-state index contributed by atoms with van der Waals surface area (Å²) in [5, 5.41) is 28.1. The average molecular weight is 395 g/mol. The van der Waals surface area contributed by atoms with Crippen molar-refractivity contribution < 1.29 is 10.0 Å². The zero-order valence-corrected chi connectivity index (χ0v) is 12.8. The van der Waals surface area contributed by atoms with Crippen molar-refractivity contribution in [1.82, 2.24) is 0 Å². The SMILES string of the molecule is O=[N+]([O-])c1cccc(/C=N/N=C\c2cccc(I)c2)c1O. The Morgan fingerprint density at radius 1 is 1.14 bits per heavy atom. The van der Waals surface area contributed by atoms with E-state index >= 15 is 0 Å². The van der Waals surface area contributed by atoms with Crippen LogP contribution in [0.5, 0.6) is 5.75 Å². The molecule has 2 rings (SSSR count). The Labute approximate surface area is 134 Å². The molecule has 1 N–H and O–H groups in total. The minimum Gasteiger partial charge on any atom is -0.502 e. The van der Waals surface area contributed by atoms with E-state index in [9.17, 15) is 15.2 Å². The predicted octanol–water partition coefficient (Wildman–Crippen LogP) is 3.36. The Bertz CT molecular complexity index is 729. The van der Waals surface area contributed by atoms with Crippen molar-refractivity contribution in [1.29, 1.82) is 0 Å². The Kier molecular flexibility index (Phi) is 4.99. The van der Waals surface area contributed by atoms with Gasteiger partial charge < -0.3 is 5.11 Å². The Morgan fingerprint density at radius 2 is 1.86 bits per heavy atom. The molecule has 0 amide bonds. The molecule has 0 aliphatic heterocycles. The van der Waals surface area contributed by atoms with Crippen LogP contribution < -0.4 is 0 Å². The maximum atomic E-state index is 10.7. The molecule has 0 unspecified atom stereocenters. The zero-order valence-electron chi connectivity index (χ0n) is 10.7. The molecule has 106 valence electrons. The number of halogens is 1. The summed E-state index contributed by atoms with van der Waals surface area (Å²) in [6.07, 6.45) is 2.83. The van der Waals surface area contributed by atoms with Gasteiger partial charge in [-0.15, -0.1) is 0 Å². The molecule has 0 atom stereocenters. The minimum absolute atomic E-state index is 0.240. The van der Waals surface area contributed by atoms with Crippen LogP contribution >= 0.6 is 22.6 Å². The van der Waals surface area contributed by atoms with E-state index in [1.54, 1.807) is 6.21 Å². The minimum atomic E-state index is -0.651. The Balaban J connectivity index is 2.15. The van der Waals surface area contributed by atoms with Crippen LogP contribution in [0.1, 0.15) is 11.1 Å². The van der Waals surface area contributed by atoms with Crippen LogP contribution in [-0.4, -0.2) is 22.5 Å². The molecule has 2 aromatic carbocycles. The van der Waals surface area contributed by atoms with E-state index < -0.39 is 10.7 Å². The Morgan fingerprint density at radius 3 is 2.57 bits per heavy atom. The number of para-hydroxylation sites is 1. The summed E-state index contributed by atoms with van der Waals surface area (Å²) in [6.45, 7) is 0. The molecule has 0 spiro atoms. The van der Waals surface area contributed by atoms with E-state index in [2.05, 4.69) is 32.8 Å². The molecule has 0 radical (unpaired) electrons. The second-order valence-electron chi connectivity index (χ2n) is 4.02. The summed E-state index contributed by atoms with van der Waals surface area (Å²) >= 11 is 2.19. The van der Waals surface area contributed by atoms with E-state index in [1.165, 1.54) is 24.4 Å². The van der Waals surface area contributed by atoms with E-state index in [-0.39, 0.29) is 11.3 Å². The second-order valence-corrected chi connectivity index (χ2v) is 5.26. The predicted molar refractivity (Wildman–Crippen MR) is 89.1 cm³/mol. The third kappa shape index (κ3) is 4.09. The van der Waals surface area contributed by atoms with Crippen molar-refractivity contribution >= 4 is 40.7 Å². The highest BCUT2D eigenvalue weighted by Crippen LogP contribution is 2.27.